The van der Waals surface area contributed by atoms with Gasteiger partial charge in [-0.25, -0.2) is 4.39 Å². The first kappa shape index (κ1) is 17.0. The van der Waals surface area contributed by atoms with Crippen LogP contribution in [0.25, 0.3) is 0 Å². The van der Waals surface area contributed by atoms with Crippen LogP contribution in [0.2, 0.25) is 0 Å². The minimum Gasteiger partial charge on any atom is -0.383 e. The third-order valence-electron chi connectivity index (χ3n) is 5.85. The fourth-order valence-corrected chi connectivity index (χ4v) is 4.22. The van der Waals surface area contributed by atoms with Crippen molar-refractivity contribution in [2.24, 2.45) is 0 Å². The molecule has 2 aromatic rings. The average molecular weight is 349 g/mol. The number of aromatic nitrogens is 1. The first-order valence-electron chi connectivity index (χ1n) is 9.11. The van der Waals surface area contributed by atoms with Gasteiger partial charge in [0.15, 0.2) is 0 Å². The molecule has 4 rings (SSSR count). The molecule has 134 valence electrons. The molecule has 1 N–H and O–H groups in total. The minimum atomic E-state index is -0.281. The molecule has 3 nitrogen and oxygen atoms in total. The molecule has 26 heavy (non-hydrogen) atoms. The summed E-state index contributed by atoms with van der Waals surface area (Å²) < 4.78 is 13.5. The van der Waals surface area contributed by atoms with E-state index in [1.807, 2.05) is 30.7 Å². The summed E-state index contributed by atoms with van der Waals surface area (Å²) in [6.45, 7) is 3.21. The van der Waals surface area contributed by atoms with Crippen LogP contribution in [0.4, 0.5) is 4.39 Å². The molecule has 3 atom stereocenters. The van der Waals surface area contributed by atoms with Gasteiger partial charge >= 0.3 is 0 Å². The third kappa shape index (κ3) is 2.74. The van der Waals surface area contributed by atoms with E-state index in [4.69, 9.17) is 0 Å². The maximum atomic E-state index is 13.5. The number of nitrogens with zero attached hydrogens (tertiary/aromatic N) is 2. The second-order valence-corrected chi connectivity index (χ2v) is 7.31. The van der Waals surface area contributed by atoms with Crippen LogP contribution in [0.3, 0.4) is 0 Å². The van der Waals surface area contributed by atoms with Gasteiger partial charge in [0.05, 0.1) is 11.5 Å². The van der Waals surface area contributed by atoms with Gasteiger partial charge in [0, 0.05) is 25.0 Å². The van der Waals surface area contributed by atoms with Gasteiger partial charge in [-0.15, -0.1) is 0 Å². The van der Waals surface area contributed by atoms with E-state index in [2.05, 4.69) is 53.5 Å². The minimum absolute atomic E-state index is 0.0346. The highest BCUT2D eigenvalue weighted by atomic mass is 19.1. The topological polar surface area (TPSA) is 28.2 Å². The molecule has 2 aliphatic rings. The normalized spacial score (nSPS) is 28.7. The van der Waals surface area contributed by atoms with E-state index in [1.165, 1.54) is 23.3 Å². The van der Waals surface area contributed by atoms with Crippen molar-refractivity contribution in [3.8, 4) is 0 Å². The maximum Gasteiger partial charge on any atom is 0.123 e. The van der Waals surface area contributed by atoms with Gasteiger partial charge in [-0.3, -0.25) is 9.88 Å². The van der Waals surface area contributed by atoms with Crippen molar-refractivity contribution >= 4 is 0 Å². The summed E-state index contributed by atoms with van der Waals surface area (Å²) in [6.07, 6.45) is 11.4. The Labute approximate surface area is 154 Å². The summed E-state index contributed by atoms with van der Waals surface area (Å²) in [7, 11) is 2.16. The number of rotatable bonds is 3. The fourth-order valence-electron chi connectivity index (χ4n) is 4.22. The average Bonchev–Trinajstić information content (AvgIpc) is 3.11. The number of nitrogens with one attached hydrogen (secondary N) is 1. The molecular weight excluding hydrogens is 325 g/mol. The zero-order valence-corrected chi connectivity index (χ0v) is 15.2. The van der Waals surface area contributed by atoms with Gasteiger partial charge in [-0.05, 0) is 62.0 Å². The van der Waals surface area contributed by atoms with Crippen molar-refractivity contribution in [3.05, 3.63) is 89.7 Å². The lowest BCUT2D eigenvalue weighted by atomic mass is 9.66. The Bertz CT molecular complexity index is 828. The van der Waals surface area contributed by atoms with E-state index in [-0.39, 0.29) is 17.3 Å². The highest BCUT2D eigenvalue weighted by Crippen LogP contribution is 2.49. The fraction of sp³-hybridized carbons (Fsp3) is 0.318. The molecular formula is C22H24FN3. The standard InChI is InChI=1S/C22H24FN3/c1-16-15-19(9-14-26(16)2)22(18-7-11-24-12-8-18)10-13-25-21(22)17-3-5-20(23)6-4-17/h3-13,16,21,25H,14-15H2,1-2H3. The molecule has 1 aromatic carbocycles. The highest BCUT2D eigenvalue weighted by Gasteiger charge is 2.46. The third-order valence-corrected chi connectivity index (χ3v) is 5.85. The summed E-state index contributed by atoms with van der Waals surface area (Å²) in [5, 5.41) is 3.53. The molecule has 0 radical (unpaired) electrons. The zero-order chi connectivity index (χ0) is 18.1. The Morgan fingerprint density at radius 2 is 1.88 bits per heavy atom. The highest BCUT2D eigenvalue weighted by molar-refractivity contribution is 5.50. The van der Waals surface area contributed by atoms with Crippen LogP contribution in [0.1, 0.15) is 30.5 Å². The van der Waals surface area contributed by atoms with Crippen LogP contribution in [-0.4, -0.2) is 29.5 Å². The van der Waals surface area contributed by atoms with Crippen molar-refractivity contribution in [1.29, 1.82) is 0 Å². The molecule has 3 unspecified atom stereocenters. The van der Waals surface area contributed by atoms with Crippen molar-refractivity contribution in [2.75, 3.05) is 13.6 Å². The largest absolute Gasteiger partial charge is 0.383 e. The smallest absolute Gasteiger partial charge is 0.123 e. The van der Waals surface area contributed by atoms with E-state index in [9.17, 15) is 4.39 Å². The van der Waals surface area contributed by atoms with Crippen LogP contribution >= 0.6 is 0 Å². The van der Waals surface area contributed by atoms with Crippen molar-refractivity contribution in [1.82, 2.24) is 15.2 Å². The van der Waals surface area contributed by atoms with Gasteiger partial charge < -0.3 is 5.32 Å². The zero-order valence-electron chi connectivity index (χ0n) is 15.2. The number of hydrogen-bond donors (Lipinski definition) is 1. The van der Waals surface area contributed by atoms with E-state index < -0.39 is 0 Å². The second-order valence-electron chi connectivity index (χ2n) is 7.31. The van der Waals surface area contributed by atoms with Crippen LogP contribution in [0, 0.1) is 5.82 Å². The summed E-state index contributed by atoms with van der Waals surface area (Å²) in [6, 6.07) is 11.6. The van der Waals surface area contributed by atoms with Crippen molar-refractivity contribution < 1.29 is 4.39 Å². The van der Waals surface area contributed by atoms with Gasteiger partial charge in [0.25, 0.3) is 0 Å². The van der Waals surface area contributed by atoms with E-state index in [1.54, 1.807) is 0 Å². The summed E-state index contributed by atoms with van der Waals surface area (Å²) in [5.74, 6) is -0.207. The SMILES string of the molecule is CC1CC(C2(c3ccncc3)C=CNC2c2ccc(F)cc2)=CCN1C. The van der Waals surface area contributed by atoms with E-state index in [0.29, 0.717) is 6.04 Å². The molecule has 0 saturated carbocycles. The predicted molar refractivity (Wildman–Crippen MR) is 102 cm³/mol. The van der Waals surface area contributed by atoms with Crippen LogP contribution in [-0.2, 0) is 5.41 Å². The van der Waals surface area contributed by atoms with Crippen molar-refractivity contribution in [2.45, 2.75) is 30.8 Å². The first-order chi connectivity index (χ1) is 12.6. The Hall–Kier alpha value is -2.46. The van der Waals surface area contributed by atoms with Crippen LogP contribution in [0.5, 0.6) is 0 Å². The second kappa shape index (κ2) is 6.69. The van der Waals surface area contributed by atoms with Gasteiger partial charge in [0.2, 0.25) is 0 Å². The van der Waals surface area contributed by atoms with Crippen LogP contribution in [0.15, 0.2) is 72.7 Å². The summed E-state index contributed by atoms with van der Waals surface area (Å²) >= 11 is 0. The van der Waals surface area contributed by atoms with Gasteiger partial charge in [-0.1, -0.05) is 29.9 Å². The Balaban J connectivity index is 1.86. The van der Waals surface area contributed by atoms with E-state index >= 15 is 0 Å². The monoisotopic (exact) mass is 349 g/mol. The first-order valence-corrected chi connectivity index (χ1v) is 9.11. The maximum absolute atomic E-state index is 13.5. The summed E-state index contributed by atoms with van der Waals surface area (Å²) in [5.41, 5.74) is 3.42. The lowest BCUT2D eigenvalue weighted by Crippen LogP contribution is -2.42. The molecule has 0 fully saturated rings. The lowest BCUT2D eigenvalue weighted by molar-refractivity contribution is 0.256. The van der Waals surface area contributed by atoms with E-state index in [0.717, 1.165) is 18.5 Å². The van der Waals surface area contributed by atoms with Crippen molar-refractivity contribution in [3.63, 3.8) is 0 Å². The Morgan fingerprint density at radius 3 is 2.58 bits per heavy atom. The van der Waals surface area contributed by atoms with Gasteiger partial charge in [-0.2, -0.15) is 0 Å². The molecule has 1 aromatic heterocycles. The molecule has 0 saturated heterocycles. The Kier molecular flexibility index (Phi) is 4.37. The molecule has 0 amide bonds. The predicted octanol–water partition coefficient (Wildman–Crippen LogP) is 3.97. The number of halogens is 1. The molecule has 0 aliphatic carbocycles. The number of likely N-dealkylation sites (N-methyl/N-ethyl adjacent to an activating group) is 1. The summed E-state index contributed by atoms with van der Waals surface area (Å²) in [4.78, 5) is 6.57. The molecule has 3 heterocycles. The number of benzene rings is 1. The number of hydrogen-bond acceptors (Lipinski definition) is 3. The molecule has 4 heteroatoms. The molecule has 0 spiro atoms. The quantitative estimate of drug-likeness (QED) is 0.850. The van der Waals surface area contributed by atoms with Gasteiger partial charge in [0.1, 0.15) is 5.82 Å². The van der Waals surface area contributed by atoms with Crippen LogP contribution < -0.4 is 5.32 Å². The lowest BCUT2D eigenvalue weighted by Gasteiger charge is -2.42. The molecule has 0 bridgehead atoms. The molecule has 2 aliphatic heterocycles. The number of pyridine rings is 1. The Morgan fingerprint density at radius 1 is 1.15 bits per heavy atom.